The van der Waals surface area contributed by atoms with E-state index in [2.05, 4.69) is 15.5 Å². The number of sulfonamides is 1. The van der Waals surface area contributed by atoms with E-state index in [9.17, 15) is 13.2 Å². The molecule has 0 aliphatic carbocycles. The van der Waals surface area contributed by atoms with Crippen LogP contribution in [0.5, 0.6) is 5.75 Å². The number of ether oxygens (including phenoxy) is 1. The Labute approximate surface area is 204 Å². The van der Waals surface area contributed by atoms with Crippen LogP contribution in [0.4, 0.5) is 5.82 Å². The molecular formula is C26H26N4O4S. The Morgan fingerprint density at radius 2 is 1.71 bits per heavy atom. The fourth-order valence-electron chi connectivity index (χ4n) is 4.45. The lowest BCUT2D eigenvalue weighted by Gasteiger charge is -2.30. The highest BCUT2D eigenvalue weighted by molar-refractivity contribution is 7.89. The number of fused-ring (bicyclic) bond motifs is 1. The van der Waals surface area contributed by atoms with Gasteiger partial charge in [0.2, 0.25) is 15.9 Å². The zero-order chi connectivity index (χ0) is 24.4. The SMILES string of the molecule is COc1ccccc1-c1cc(NC(=O)C2CCN(S(=O)(=O)c3ccc4ccccc4c3)CC2)n[nH]1. The molecule has 1 aliphatic heterocycles. The molecule has 3 aromatic carbocycles. The number of anilines is 1. The van der Waals surface area contributed by atoms with Gasteiger partial charge < -0.3 is 10.1 Å². The van der Waals surface area contributed by atoms with Crippen LogP contribution in [0.2, 0.25) is 0 Å². The molecule has 0 radical (unpaired) electrons. The summed E-state index contributed by atoms with van der Waals surface area (Å²) in [5.74, 6) is 0.673. The number of rotatable bonds is 6. The average molecular weight is 491 g/mol. The molecule has 1 amide bonds. The minimum absolute atomic E-state index is 0.161. The summed E-state index contributed by atoms with van der Waals surface area (Å²) in [5.41, 5.74) is 1.57. The molecule has 1 aromatic heterocycles. The number of methoxy groups -OCH3 is 1. The second kappa shape index (κ2) is 9.52. The number of carbonyl (C=O) groups is 1. The van der Waals surface area contributed by atoms with Crippen LogP contribution in [0.1, 0.15) is 12.8 Å². The van der Waals surface area contributed by atoms with E-state index in [0.29, 0.717) is 37.5 Å². The molecule has 0 saturated carbocycles. The molecule has 2 N–H and O–H groups in total. The minimum Gasteiger partial charge on any atom is -0.496 e. The number of para-hydroxylation sites is 1. The molecule has 0 spiro atoms. The Morgan fingerprint density at radius 3 is 2.49 bits per heavy atom. The molecule has 0 atom stereocenters. The number of nitrogens with one attached hydrogen (secondary N) is 2. The van der Waals surface area contributed by atoms with Gasteiger partial charge in [0.05, 0.1) is 17.7 Å². The van der Waals surface area contributed by atoms with Crippen LogP contribution >= 0.6 is 0 Å². The van der Waals surface area contributed by atoms with Crippen LogP contribution in [-0.4, -0.2) is 49.0 Å². The van der Waals surface area contributed by atoms with E-state index < -0.39 is 10.0 Å². The third-order valence-electron chi connectivity index (χ3n) is 6.41. The summed E-state index contributed by atoms with van der Waals surface area (Å²) in [6.45, 7) is 0.584. The Morgan fingerprint density at radius 1 is 1.00 bits per heavy atom. The van der Waals surface area contributed by atoms with Crippen molar-refractivity contribution in [2.75, 3.05) is 25.5 Å². The van der Waals surface area contributed by atoms with Crippen molar-refractivity contribution < 1.29 is 17.9 Å². The highest BCUT2D eigenvalue weighted by Gasteiger charge is 2.32. The highest BCUT2D eigenvalue weighted by atomic mass is 32.2. The maximum absolute atomic E-state index is 13.2. The van der Waals surface area contributed by atoms with Crippen molar-refractivity contribution in [2.45, 2.75) is 17.7 Å². The fraction of sp³-hybridized carbons (Fsp3) is 0.231. The maximum atomic E-state index is 13.2. The van der Waals surface area contributed by atoms with Crippen LogP contribution in [-0.2, 0) is 14.8 Å². The van der Waals surface area contributed by atoms with Crippen LogP contribution in [0, 0.1) is 5.92 Å². The summed E-state index contributed by atoms with van der Waals surface area (Å²) in [7, 11) is -2.02. The number of benzene rings is 3. The zero-order valence-electron chi connectivity index (χ0n) is 19.3. The highest BCUT2D eigenvalue weighted by Crippen LogP contribution is 2.30. The molecule has 35 heavy (non-hydrogen) atoms. The Kier molecular flexibility index (Phi) is 6.27. The Hall–Kier alpha value is -3.69. The van der Waals surface area contributed by atoms with Gasteiger partial charge in [-0.15, -0.1) is 0 Å². The predicted octanol–water partition coefficient (Wildman–Crippen LogP) is 4.28. The first kappa shape index (κ1) is 23.1. The predicted molar refractivity (Wildman–Crippen MR) is 135 cm³/mol. The van der Waals surface area contributed by atoms with Gasteiger partial charge in [0, 0.05) is 30.6 Å². The lowest BCUT2D eigenvalue weighted by molar-refractivity contribution is -0.120. The second-order valence-corrected chi connectivity index (χ2v) is 10.5. The minimum atomic E-state index is -3.62. The van der Waals surface area contributed by atoms with Crippen LogP contribution < -0.4 is 10.1 Å². The van der Waals surface area contributed by atoms with Gasteiger partial charge in [-0.25, -0.2) is 8.42 Å². The van der Waals surface area contributed by atoms with Gasteiger partial charge in [-0.05, 0) is 47.9 Å². The largest absolute Gasteiger partial charge is 0.496 e. The lowest BCUT2D eigenvalue weighted by Crippen LogP contribution is -2.41. The first-order valence-corrected chi connectivity index (χ1v) is 12.9. The van der Waals surface area contributed by atoms with Gasteiger partial charge in [-0.2, -0.15) is 9.40 Å². The number of aromatic amines is 1. The van der Waals surface area contributed by atoms with Crippen molar-refractivity contribution >= 4 is 32.5 Å². The molecule has 2 heterocycles. The summed E-state index contributed by atoms with van der Waals surface area (Å²) in [4.78, 5) is 13.1. The normalized spacial score (nSPS) is 15.2. The number of H-pyrrole nitrogens is 1. The molecule has 180 valence electrons. The van der Waals surface area contributed by atoms with Crippen molar-refractivity contribution in [1.82, 2.24) is 14.5 Å². The van der Waals surface area contributed by atoms with Crippen molar-refractivity contribution in [2.24, 2.45) is 5.92 Å². The van der Waals surface area contributed by atoms with E-state index in [1.165, 1.54) is 4.31 Å². The lowest BCUT2D eigenvalue weighted by atomic mass is 9.97. The number of carbonyl (C=O) groups excluding carboxylic acids is 1. The fourth-order valence-corrected chi connectivity index (χ4v) is 5.96. The van der Waals surface area contributed by atoms with Gasteiger partial charge in [-0.3, -0.25) is 9.89 Å². The second-order valence-electron chi connectivity index (χ2n) is 8.54. The standard InChI is InChI=1S/C26H26N4O4S/c1-34-24-9-5-4-8-22(24)23-17-25(29-28-23)27-26(31)19-12-14-30(15-13-19)35(32,33)21-11-10-18-6-2-3-7-20(18)16-21/h2-11,16-17,19H,12-15H2,1H3,(H2,27,28,29,31). The van der Waals surface area contributed by atoms with Gasteiger partial charge in [0.25, 0.3) is 0 Å². The molecule has 4 aromatic rings. The van der Waals surface area contributed by atoms with Gasteiger partial charge in [0.15, 0.2) is 5.82 Å². The quantitative estimate of drug-likeness (QED) is 0.420. The van der Waals surface area contributed by atoms with E-state index in [-0.39, 0.29) is 16.7 Å². The van der Waals surface area contributed by atoms with E-state index in [1.807, 2.05) is 54.6 Å². The number of nitrogens with zero attached hydrogens (tertiary/aromatic N) is 2. The van der Waals surface area contributed by atoms with Crippen LogP contribution in [0.25, 0.3) is 22.0 Å². The van der Waals surface area contributed by atoms with E-state index in [4.69, 9.17) is 4.74 Å². The number of hydrogen-bond acceptors (Lipinski definition) is 5. The van der Waals surface area contributed by atoms with Gasteiger partial charge in [-0.1, -0.05) is 42.5 Å². The van der Waals surface area contributed by atoms with Crippen LogP contribution in [0.3, 0.4) is 0 Å². The molecule has 1 fully saturated rings. The Bertz CT molecular complexity index is 1470. The first-order chi connectivity index (χ1) is 17.0. The Balaban J connectivity index is 1.22. The van der Waals surface area contributed by atoms with Crippen molar-refractivity contribution in [1.29, 1.82) is 0 Å². The number of piperidine rings is 1. The van der Waals surface area contributed by atoms with Crippen LogP contribution in [0.15, 0.2) is 77.7 Å². The molecule has 8 nitrogen and oxygen atoms in total. The summed E-state index contributed by atoms with van der Waals surface area (Å²) in [5, 5.41) is 11.9. The molecular weight excluding hydrogens is 464 g/mol. The summed E-state index contributed by atoms with van der Waals surface area (Å²) in [6, 6.07) is 22.2. The molecule has 5 rings (SSSR count). The van der Waals surface area contributed by atoms with Gasteiger partial charge >= 0.3 is 0 Å². The smallest absolute Gasteiger partial charge is 0.243 e. The third-order valence-corrected chi connectivity index (χ3v) is 8.30. The summed E-state index contributed by atoms with van der Waals surface area (Å²) < 4.78 is 33.2. The molecule has 9 heteroatoms. The topological polar surface area (TPSA) is 104 Å². The monoisotopic (exact) mass is 490 g/mol. The molecule has 0 bridgehead atoms. The molecule has 0 unspecified atom stereocenters. The molecule has 1 saturated heterocycles. The van der Waals surface area contributed by atoms with Crippen molar-refractivity contribution in [3.8, 4) is 17.0 Å². The van der Waals surface area contributed by atoms with E-state index >= 15 is 0 Å². The zero-order valence-corrected chi connectivity index (χ0v) is 20.1. The first-order valence-electron chi connectivity index (χ1n) is 11.4. The van der Waals surface area contributed by atoms with Crippen molar-refractivity contribution in [3.05, 3.63) is 72.8 Å². The number of amides is 1. The van der Waals surface area contributed by atoms with E-state index in [0.717, 1.165) is 22.0 Å². The maximum Gasteiger partial charge on any atom is 0.243 e. The number of hydrogen-bond donors (Lipinski definition) is 2. The average Bonchev–Trinajstić information content (AvgIpc) is 3.36. The number of aromatic nitrogens is 2. The summed E-state index contributed by atoms with van der Waals surface area (Å²) in [6.07, 6.45) is 0.894. The van der Waals surface area contributed by atoms with Crippen molar-refractivity contribution in [3.63, 3.8) is 0 Å². The summed E-state index contributed by atoms with van der Waals surface area (Å²) >= 11 is 0. The third kappa shape index (κ3) is 4.65. The van der Waals surface area contributed by atoms with Gasteiger partial charge in [0.1, 0.15) is 5.75 Å². The van der Waals surface area contributed by atoms with E-state index in [1.54, 1.807) is 25.3 Å². The molecule has 1 aliphatic rings.